The number of para-hydroxylation sites is 1. The molecule has 1 saturated heterocycles. The fourth-order valence-electron chi connectivity index (χ4n) is 3.04. The van der Waals surface area contributed by atoms with Crippen LogP contribution in [-0.4, -0.2) is 36.9 Å². The van der Waals surface area contributed by atoms with Crippen molar-refractivity contribution in [1.29, 1.82) is 0 Å². The Morgan fingerprint density at radius 3 is 2.21 bits per heavy atom. The molecule has 2 aromatic rings. The molecule has 2 aromatic carbocycles. The molecule has 148 valence electrons. The van der Waals surface area contributed by atoms with Gasteiger partial charge in [-0.15, -0.1) is 0 Å². The normalized spacial score (nSPS) is 20.1. The van der Waals surface area contributed by atoms with Crippen molar-refractivity contribution in [3.63, 3.8) is 0 Å². The third-order valence-corrected chi connectivity index (χ3v) is 6.64. The van der Waals surface area contributed by atoms with Crippen LogP contribution in [0.25, 0.3) is 0 Å². The SMILES string of the molecule is O=C1NCC(C(=O)O)(S(=O)(=O)c2ccccc2C(F)(F)F)N1c1ccccc1. The molecule has 0 saturated carbocycles. The molecule has 1 aliphatic heterocycles. The van der Waals surface area contributed by atoms with E-state index >= 15 is 0 Å². The summed E-state index contributed by atoms with van der Waals surface area (Å²) >= 11 is 0. The van der Waals surface area contributed by atoms with E-state index in [0.717, 1.165) is 12.1 Å². The van der Waals surface area contributed by atoms with Crippen molar-refractivity contribution in [3.05, 3.63) is 60.2 Å². The van der Waals surface area contributed by atoms with Crippen LogP contribution in [0.3, 0.4) is 0 Å². The van der Waals surface area contributed by atoms with Gasteiger partial charge in [-0.3, -0.25) is 4.90 Å². The number of sulfone groups is 1. The van der Waals surface area contributed by atoms with E-state index in [0.29, 0.717) is 17.0 Å². The lowest BCUT2D eigenvalue weighted by molar-refractivity contribution is -0.141. The Bertz CT molecular complexity index is 1040. The van der Waals surface area contributed by atoms with Gasteiger partial charge in [0.15, 0.2) is 0 Å². The molecule has 0 aromatic heterocycles. The number of benzene rings is 2. The van der Waals surface area contributed by atoms with Gasteiger partial charge in [-0.25, -0.2) is 18.0 Å². The molecule has 2 N–H and O–H groups in total. The molecule has 1 heterocycles. The molecule has 2 amide bonds. The predicted octanol–water partition coefficient (Wildman–Crippen LogP) is 2.49. The molecular weight excluding hydrogens is 401 g/mol. The lowest BCUT2D eigenvalue weighted by atomic mass is 10.2. The number of carboxylic acids is 1. The number of halogens is 3. The number of alkyl halides is 3. The number of nitrogens with zero attached hydrogens (tertiary/aromatic N) is 1. The van der Waals surface area contributed by atoms with E-state index < -0.39 is 49.9 Å². The van der Waals surface area contributed by atoms with Gasteiger partial charge in [0, 0.05) is 5.69 Å². The van der Waals surface area contributed by atoms with Crippen molar-refractivity contribution in [1.82, 2.24) is 5.32 Å². The van der Waals surface area contributed by atoms with Crippen molar-refractivity contribution < 1.29 is 36.3 Å². The van der Waals surface area contributed by atoms with Gasteiger partial charge in [-0.05, 0) is 24.3 Å². The molecule has 1 atom stereocenters. The van der Waals surface area contributed by atoms with Crippen LogP contribution in [0.15, 0.2) is 59.5 Å². The Morgan fingerprint density at radius 2 is 1.64 bits per heavy atom. The lowest BCUT2D eigenvalue weighted by Gasteiger charge is -2.33. The summed E-state index contributed by atoms with van der Waals surface area (Å²) in [7, 11) is -5.22. The molecule has 0 spiro atoms. The largest absolute Gasteiger partial charge is 0.479 e. The van der Waals surface area contributed by atoms with Crippen LogP contribution in [-0.2, 0) is 20.8 Å². The minimum Gasteiger partial charge on any atom is -0.479 e. The second-order valence-electron chi connectivity index (χ2n) is 5.92. The quantitative estimate of drug-likeness (QED) is 0.800. The highest BCUT2D eigenvalue weighted by atomic mass is 32.2. The third kappa shape index (κ3) is 2.78. The third-order valence-electron chi connectivity index (χ3n) is 4.32. The Morgan fingerprint density at radius 1 is 1.07 bits per heavy atom. The van der Waals surface area contributed by atoms with Crippen molar-refractivity contribution in [3.8, 4) is 0 Å². The van der Waals surface area contributed by atoms with E-state index in [1.165, 1.54) is 24.3 Å². The molecule has 1 aliphatic rings. The maximum absolute atomic E-state index is 13.4. The predicted molar refractivity (Wildman–Crippen MR) is 91.3 cm³/mol. The minimum absolute atomic E-state index is 0.0898. The Kier molecular flexibility index (Phi) is 4.58. The topological polar surface area (TPSA) is 104 Å². The first kappa shape index (κ1) is 19.7. The highest BCUT2D eigenvalue weighted by Gasteiger charge is 2.63. The second-order valence-corrected chi connectivity index (χ2v) is 8.04. The maximum atomic E-state index is 13.4. The Labute approximate surface area is 157 Å². The summed E-state index contributed by atoms with van der Waals surface area (Å²) < 4.78 is 66.7. The zero-order chi connectivity index (χ0) is 20.7. The monoisotopic (exact) mass is 414 g/mol. The average molecular weight is 414 g/mol. The van der Waals surface area contributed by atoms with Crippen LogP contribution < -0.4 is 10.2 Å². The molecule has 7 nitrogen and oxygen atoms in total. The zero-order valence-corrected chi connectivity index (χ0v) is 14.8. The summed E-state index contributed by atoms with van der Waals surface area (Å²) in [6, 6.07) is 9.19. The number of carbonyl (C=O) groups excluding carboxylic acids is 1. The first-order chi connectivity index (χ1) is 13.0. The van der Waals surface area contributed by atoms with E-state index in [9.17, 15) is 36.3 Å². The van der Waals surface area contributed by atoms with Gasteiger partial charge in [-0.1, -0.05) is 30.3 Å². The van der Waals surface area contributed by atoms with Crippen molar-refractivity contribution in [2.75, 3.05) is 11.4 Å². The molecule has 0 bridgehead atoms. The zero-order valence-electron chi connectivity index (χ0n) is 14.0. The summed E-state index contributed by atoms with van der Waals surface area (Å²) in [4.78, 5) is 20.7. The molecule has 11 heteroatoms. The van der Waals surface area contributed by atoms with Crippen LogP contribution in [0.2, 0.25) is 0 Å². The van der Waals surface area contributed by atoms with Crippen LogP contribution in [0, 0.1) is 0 Å². The number of aliphatic carboxylic acids is 1. The number of anilines is 1. The lowest BCUT2D eigenvalue weighted by Crippen LogP contribution is -2.59. The minimum atomic E-state index is -5.22. The summed E-state index contributed by atoms with van der Waals surface area (Å²) in [5.74, 6) is -1.98. The van der Waals surface area contributed by atoms with Crippen molar-refractivity contribution >= 4 is 27.5 Å². The Balaban J connectivity index is 2.32. The number of nitrogens with one attached hydrogen (secondary N) is 1. The number of hydrogen-bond donors (Lipinski definition) is 2. The van der Waals surface area contributed by atoms with Crippen LogP contribution in [0.5, 0.6) is 0 Å². The van der Waals surface area contributed by atoms with Crippen molar-refractivity contribution in [2.24, 2.45) is 0 Å². The highest BCUT2D eigenvalue weighted by Crippen LogP contribution is 2.41. The fraction of sp³-hybridized carbons (Fsp3) is 0.176. The summed E-state index contributed by atoms with van der Waals surface area (Å²) in [6.07, 6.45) is -5.04. The summed E-state index contributed by atoms with van der Waals surface area (Å²) in [6.45, 7) is -0.926. The highest BCUT2D eigenvalue weighted by molar-refractivity contribution is 7.94. The average Bonchev–Trinajstić information content (AvgIpc) is 3.00. The van der Waals surface area contributed by atoms with Gasteiger partial charge in [0.05, 0.1) is 17.0 Å². The second kappa shape index (κ2) is 6.51. The van der Waals surface area contributed by atoms with Crippen LogP contribution in [0.4, 0.5) is 23.7 Å². The van der Waals surface area contributed by atoms with Crippen LogP contribution >= 0.6 is 0 Å². The van der Waals surface area contributed by atoms with E-state index in [2.05, 4.69) is 5.32 Å². The molecule has 1 unspecified atom stereocenters. The molecular formula is C17H13F3N2O5S. The molecule has 0 aliphatic carbocycles. The Hall–Kier alpha value is -3.08. The van der Waals surface area contributed by atoms with Gasteiger partial charge in [0.2, 0.25) is 9.84 Å². The first-order valence-electron chi connectivity index (χ1n) is 7.81. The summed E-state index contributed by atoms with van der Waals surface area (Å²) in [5.41, 5.74) is -1.60. The van der Waals surface area contributed by atoms with Gasteiger partial charge >= 0.3 is 18.2 Å². The van der Waals surface area contributed by atoms with E-state index in [4.69, 9.17) is 0 Å². The van der Waals surface area contributed by atoms with E-state index in [1.807, 2.05) is 0 Å². The fourth-order valence-corrected chi connectivity index (χ4v) is 5.05. The van der Waals surface area contributed by atoms with E-state index in [1.54, 1.807) is 6.07 Å². The number of urea groups is 1. The maximum Gasteiger partial charge on any atom is 0.417 e. The van der Waals surface area contributed by atoms with Gasteiger partial charge in [-0.2, -0.15) is 13.2 Å². The number of hydrogen-bond acceptors (Lipinski definition) is 4. The number of rotatable bonds is 4. The summed E-state index contributed by atoms with van der Waals surface area (Å²) in [5, 5.41) is 11.9. The van der Waals surface area contributed by atoms with Gasteiger partial charge in [0.1, 0.15) is 0 Å². The van der Waals surface area contributed by atoms with Gasteiger partial charge < -0.3 is 10.4 Å². The molecule has 3 rings (SSSR count). The van der Waals surface area contributed by atoms with Crippen molar-refractivity contribution in [2.45, 2.75) is 15.9 Å². The smallest absolute Gasteiger partial charge is 0.417 e. The molecule has 28 heavy (non-hydrogen) atoms. The van der Waals surface area contributed by atoms with E-state index in [-0.39, 0.29) is 5.69 Å². The van der Waals surface area contributed by atoms with Gasteiger partial charge in [0.25, 0.3) is 4.87 Å². The first-order valence-corrected chi connectivity index (χ1v) is 9.29. The number of carboxylic acid groups (broad SMARTS) is 1. The van der Waals surface area contributed by atoms with Crippen LogP contribution in [0.1, 0.15) is 5.56 Å². The molecule has 1 fully saturated rings. The standard InChI is InChI=1S/C17H13F3N2O5S/c18-17(19,20)12-8-4-5-9-13(12)28(26,27)16(14(23)24)10-21-15(25)22(16)11-6-2-1-3-7-11/h1-9H,10H2,(H,21,25)(H,23,24). The molecule has 0 radical (unpaired) electrons. The number of amides is 2. The number of carbonyl (C=O) groups is 2.